The predicted molar refractivity (Wildman–Crippen MR) is 136 cm³/mol. The number of nitrogens with zero attached hydrogens (tertiary/aromatic N) is 1. The minimum Gasteiger partial charge on any atom is -0.478 e. The van der Waals surface area contributed by atoms with Crippen molar-refractivity contribution in [2.75, 3.05) is 25.0 Å². The lowest BCUT2D eigenvalue weighted by molar-refractivity contribution is -0.134. The zero-order valence-corrected chi connectivity index (χ0v) is 20.0. The van der Waals surface area contributed by atoms with E-state index in [4.69, 9.17) is 10.2 Å². The van der Waals surface area contributed by atoms with E-state index >= 15 is 0 Å². The Balaban J connectivity index is 0.000000371. The van der Waals surface area contributed by atoms with E-state index in [0.717, 1.165) is 44.6 Å². The summed E-state index contributed by atoms with van der Waals surface area (Å²) in [5.74, 6) is -1.52. The van der Waals surface area contributed by atoms with Crippen LogP contribution in [0.5, 0.6) is 0 Å². The zero-order valence-electron chi connectivity index (χ0n) is 20.0. The van der Waals surface area contributed by atoms with Crippen LogP contribution in [0.1, 0.15) is 53.6 Å². The van der Waals surface area contributed by atoms with Gasteiger partial charge >= 0.3 is 11.9 Å². The van der Waals surface area contributed by atoms with Crippen LogP contribution in [0.15, 0.2) is 60.7 Å². The van der Waals surface area contributed by atoms with Crippen LogP contribution < -0.4 is 5.32 Å². The first-order valence-electron chi connectivity index (χ1n) is 12.2. The first-order chi connectivity index (χ1) is 16.9. The monoisotopic (exact) mass is 478 g/mol. The molecule has 1 fully saturated rings. The summed E-state index contributed by atoms with van der Waals surface area (Å²) < 4.78 is 0. The van der Waals surface area contributed by atoms with E-state index in [1.807, 2.05) is 6.07 Å². The van der Waals surface area contributed by atoms with Crippen molar-refractivity contribution in [3.05, 3.63) is 77.4 Å². The highest BCUT2D eigenvalue weighted by Gasteiger charge is 2.20. The molecule has 0 spiro atoms. The Labute approximate surface area is 206 Å². The minimum absolute atomic E-state index is 0.303. The van der Waals surface area contributed by atoms with Gasteiger partial charge in [-0.25, -0.2) is 9.59 Å². The largest absolute Gasteiger partial charge is 0.478 e. The Morgan fingerprint density at radius 1 is 0.971 bits per heavy atom. The van der Waals surface area contributed by atoms with Crippen LogP contribution in [0.25, 0.3) is 0 Å². The maximum absolute atomic E-state index is 12.6. The highest BCUT2D eigenvalue weighted by atomic mass is 16.4. The maximum Gasteiger partial charge on any atom is 0.328 e. The second-order valence-corrected chi connectivity index (χ2v) is 9.08. The number of benzene rings is 2. The van der Waals surface area contributed by atoms with Crippen molar-refractivity contribution >= 4 is 23.4 Å². The first-order valence-corrected chi connectivity index (χ1v) is 12.2. The number of hydrogen-bond donors (Lipinski definition) is 3. The fraction of sp³-hybridized carbons (Fsp3) is 0.393. The van der Waals surface area contributed by atoms with Gasteiger partial charge < -0.3 is 15.5 Å². The molecule has 2 aromatic rings. The summed E-state index contributed by atoms with van der Waals surface area (Å²) in [7, 11) is 0. The summed E-state index contributed by atoms with van der Waals surface area (Å²) in [6, 6.07) is 16.9. The highest BCUT2D eigenvalue weighted by Crippen LogP contribution is 2.26. The number of carbonyl (C=O) groups excluding carboxylic acids is 1. The van der Waals surface area contributed by atoms with Gasteiger partial charge in [0.15, 0.2) is 5.78 Å². The molecular formula is C28H34N2O5. The molecule has 2 aromatic carbocycles. The van der Waals surface area contributed by atoms with E-state index < -0.39 is 11.9 Å². The normalized spacial score (nSPS) is 16.0. The molecule has 0 saturated carbocycles. The number of anilines is 1. The Kier molecular flexibility index (Phi) is 10.0. The van der Waals surface area contributed by atoms with Gasteiger partial charge in [-0.3, -0.25) is 9.69 Å². The van der Waals surface area contributed by atoms with Crippen molar-refractivity contribution in [1.82, 2.24) is 4.90 Å². The van der Waals surface area contributed by atoms with Crippen LogP contribution in [0.4, 0.5) is 5.69 Å². The maximum atomic E-state index is 12.6. The quantitative estimate of drug-likeness (QED) is 0.375. The molecule has 0 atom stereocenters. The lowest BCUT2D eigenvalue weighted by Crippen LogP contribution is -2.33. The second kappa shape index (κ2) is 13.4. The number of Topliss-reactive ketones (excluding diaryl/α,β-unsaturated/α-hetero) is 1. The van der Waals surface area contributed by atoms with E-state index in [2.05, 4.69) is 52.7 Å². The van der Waals surface area contributed by atoms with Crippen molar-refractivity contribution in [3.63, 3.8) is 0 Å². The average Bonchev–Trinajstić information content (AvgIpc) is 2.87. The number of rotatable bonds is 8. The van der Waals surface area contributed by atoms with Crippen molar-refractivity contribution in [3.8, 4) is 0 Å². The summed E-state index contributed by atoms with van der Waals surface area (Å²) in [5, 5.41) is 19.1. The fourth-order valence-electron chi connectivity index (χ4n) is 4.53. The van der Waals surface area contributed by atoms with Gasteiger partial charge in [-0.1, -0.05) is 42.5 Å². The summed E-state index contributed by atoms with van der Waals surface area (Å²) in [4.78, 5) is 34.3. The van der Waals surface area contributed by atoms with Crippen LogP contribution in [0, 0.1) is 5.92 Å². The molecule has 2 heterocycles. The van der Waals surface area contributed by atoms with Crippen molar-refractivity contribution in [2.45, 2.75) is 45.1 Å². The molecule has 0 aromatic heterocycles. The highest BCUT2D eigenvalue weighted by molar-refractivity contribution is 5.97. The van der Waals surface area contributed by atoms with Gasteiger partial charge in [0.1, 0.15) is 0 Å². The summed E-state index contributed by atoms with van der Waals surface area (Å²) in [6.07, 6.45) is 7.56. The Morgan fingerprint density at radius 2 is 1.66 bits per heavy atom. The Bertz CT molecular complexity index is 1010. The topological polar surface area (TPSA) is 107 Å². The smallest absolute Gasteiger partial charge is 0.328 e. The van der Waals surface area contributed by atoms with Gasteiger partial charge in [-0.2, -0.15) is 0 Å². The number of likely N-dealkylation sites (tertiary alicyclic amines) is 1. The number of aryl methyl sites for hydroxylation is 1. The van der Waals surface area contributed by atoms with Crippen molar-refractivity contribution < 1.29 is 24.6 Å². The predicted octanol–water partition coefficient (Wildman–Crippen LogP) is 4.63. The van der Waals surface area contributed by atoms with Crippen LogP contribution >= 0.6 is 0 Å². The van der Waals surface area contributed by atoms with Crippen LogP contribution in [0.3, 0.4) is 0 Å². The van der Waals surface area contributed by atoms with Gasteiger partial charge in [0, 0.05) is 42.9 Å². The van der Waals surface area contributed by atoms with E-state index in [9.17, 15) is 14.4 Å². The molecule has 0 amide bonds. The third-order valence-corrected chi connectivity index (χ3v) is 6.47. The van der Waals surface area contributed by atoms with E-state index in [0.29, 0.717) is 30.3 Å². The number of piperidine rings is 1. The SMILES string of the molecule is O=C(CCC1CCN(Cc2ccccc2)CC1)c1ccc2c(c1)NCCC2.O=C(O)C=CC(=O)O. The summed E-state index contributed by atoms with van der Waals surface area (Å²) >= 11 is 0. The zero-order chi connectivity index (χ0) is 25.0. The Hall–Kier alpha value is -3.45. The minimum atomic E-state index is -1.26. The number of fused-ring (bicyclic) bond motifs is 1. The molecule has 4 rings (SSSR count). The molecule has 35 heavy (non-hydrogen) atoms. The third kappa shape index (κ3) is 9.02. The average molecular weight is 479 g/mol. The molecule has 0 unspecified atom stereocenters. The van der Waals surface area contributed by atoms with Crippen molar-refractivity contribution in [2.24, 2.45) is 5.92 Å². The number of nitrogens with one attached hydrogen (secondary N) is 1. The Morgan fingerprint density at radius 3 is 2.31 bits per heavy atom. The number of hydrogen-bond acceptors (Lipinski definition) is 5. The second-order valence-electron chi connectivity index (χ2n) is 9.08. The van der Waals surface area contributed by atoms with Gasteiger partial charge in [0.05, 0.1) is 0 Å². The van der Waals surface area contributed by atoms with Crippen LogP contribution in [0.2, 0.25) is 0 Å². The molecule has 1 saturated heterocycles. The lowest BCUT2D eigenvalue weighted by Gasteiger charge is -2.32. The number of aliphatic carboxylic acids is 2. The molecule has 0 radical (unpaired) electrons. The van der Waals surface area contributed by atoms with Gasteiger partial charge in [-0.05, 0) is 68.3 Å². The fourth-order valence-corrected chi connectivity index (χ4v) is 4.53. The van der Waals surface area contributed by atoms with Crippen molar-refractivity contribution in [1.29, 1.82) is 0 Å². The van der Waals surface area contributed by atoms with E-state index in [1.165, 1.54) is 36.1 Å². The van der Waals surface area contributed by atoms with Gasteiger partial charge in [-0.15, -0.1) is 0 Å². The molecule has 7 nitrogen and oxygen atoms in total. The number of carboxylic acid groups (broad SMARTS) is 2. The standard InChI is InChI=1S/C24H30N2O.C4H4O4/c27-24(22-10-9-21-7-4-14-25-23(21)17-22)11-8-19-12-15-26(16-13-19)18-20-5-2-1-3-6-20;5-3(6)1-2-4(7)8/h1-3,5-6,9-10,17,19,25H,4,7-8,11-16,18H2;1-2H,(H,5,6)(H,7,8). The number of ketones is 1. The molecule has 186 valence electrons. The van der Waals surface area contributed by atoms with E-state index in [-0.39, 0.29) is 0 Å². The summed E-state index contributed by atoms with van der Waals surface area (Å²) in [6.45, 7) is 4.37. The molecule has 7 heteroatoms. The first kappa shape index (κ1) is 26.2. The molecule has 2 aliphatic heterocycles. The number of carboxylic acids is 2. The van der Waals surface area contributed by atoms with E-state index in [1.54, 1.807) is 0 Å². The third-order valence-electron chi connectivity index (χ3n) is 6.47. The van der Waals surface area contributed by atoms with Crippen LogP contribution in [-0.2, 0) is 22.6 Å². The molecular weight excluding hydrogens is 444 g/mol. The molecule has 0 bridgehead atoms. The van der Waals surface area contributed by atoms with Crippen LogP contribution in [-0.4, -0.2) is 52.5 Å². The molecule has 2 aliphatic rings. The van der Waals surface area contributed by atoms with Gasteiger partial charge in [0.25, 0.3) is 0 Å². The lowest BCUT2D eigenvalue weighted by atomic mass is 9.89. The molecule has 0 aliphatic carbocycles. The van der Waals surface area contributed by atoms with Gasteiger partial charge in [0.2, 0.25) is 0 Å². The summed E-state index contributed by atoms with van der Waals surface area (Å²) in [5.41, 5.74) is 4.79. The molecule has 3 N–H and O–H groups in total. The number of carbonyl (C=O) groups is 3.